The molecule has 0 bridgehead atoms. The van der Waals surface area contributed by atoms with Gasteiger partial charge in [0, 0.05) is 26.1 Å². The normalized spacial score (nSPS) is 10.8. The van der Waals surface area contributed by atoms with Crippen LogP contribution in [0.4, 0.5) is 11.9 Å². The van der Waals surface area contributed by atoms with E-state index in [-0.39, 0.29) is 0 Å². The SMILES string of the molecule is CCCNc1nc(CC(C)C)nc(N(CC)CC)n1. The van der Waals surface area contributed by atoms with Crippen LogP contribution in [0.1, 0.15) is 46.9 Å². The van der Waals surface area contributed by atoms with E-state index < -0.39 is 0 Å². The molecule has 0 spiro atoms. The molecule has 0 saturated heterocycles. The maximum absolute atomic E-state index is 4.59. The fraction of sp³-hybridized carbons (Fsp3) is 0.786. The summed E-state index contributed by atoms with van der Waals surface area (Å²) in [5.41, 5.74) is 0. The molecule has 0 aliphatic heterocycles. The van der Waals surface area contributed by atoms with Crippen LogP contribution in [-0.4, -0.2) is 34.6 Å². The van der Waals surface area contributed by atoms with Crippen molar-refractivity contribution in [2.45, 2.75) is 47.5 Å². The molecule has 5 heteroatoms. The summed E-state index contributed by atoms with van der Waals surface area (Å²) in [4.78, 5) is 15.8. The highest BCUT2D eigenvalue weighted by molar-refractivity contribution is 5.37. The van der Waals surface area contributed by atoms with E-state index in [1.807, 2.05) is 0 Å². The summed E-state index contributed by atoms with van der Waals surface area (Å²) in [6.07, 6.45) is 1.95. The van der Waals surface area contributed by atoms with Crippen LogP contribution < -0.4 is 10.2 Å². The maximum Gasteiger partial charge on any atom is 0.230 e. The van der Waals surface area contributed by atoms with Crippen molar-refractivity contribution < 1.29 is 0 Å². The van der Waals surface area contributed by atoms with Gasteiger partial charge in [-0.3, -0.25) is 0 Å². The fourth-order valence-electron chi connectivity index (χ4n) is 1.83. The lowest BCUT2D eigenvalue weighted by Gasteiger charge is -2.20. The summed E-state index contributed by atoms with van der Waals surface area (Å²) >= 11 is 0. The van der Waals surface area contributed by atoms with Crippen LogP contribution in [0.2, 0.25) is 0 Å². The van der Waals surface area contributed by atoms with Crippen LogP contribution in [0.5, 0.6) is 0 Å². The monoisotopic (exact) mass is 265 g/mol. The summed E-state index contributed by atoms with van der Waals surface area (Å²) in [7, 11) is 0. The van der Waals surface area contributed by atoms with Crippen LogP contribution >= 0.6 is 0 Å². The average Bonchev–Trinajstić information content (AvgIpc) is 2.37. The van der Waals surface area contributed by atoms with Gasteiger partial charge in [0.15, 0.2) is 0 Å². The first-order valence-corrected chi connectivity index (χ1v) is 7.34. The van der Waals surface area contributed by atoms with E-state index in [1.165, 1.54) is 0 Å². The molecule has 0 aliphatic rings. The van der Waals surface area contributed by atoms with Gasteiger partial charge in [-0.05, 0) is 26.2 Å². The highest BCUT2D eigenvalue weighted by Crippen LogP contribution is 2.13. The van der Waals surface area contributed by atoms with Gasteiger partial charge in [-0.15, -0.1) is 0 Å². The molecule has 1 aromatic rings. The van der Waals surface area contributed by atoms with Crippen molar-refractivity contribution in [2.75, 3.05) is 29.9 Å². The topological polar surface area (TPSA) is 53.9 Å². The number of nitrogens with zero attached hydrogens (tertiary/aromatic N) is 4. The number of nitrogens with one attached hydrogen (secondary N) is 1. The standard InChI is InChI=1S/C14H27N5/c1-6-9-15-13-16-12(10-11(4)5)17-14(18-13)19(7-2)8-3/h11H,6-10H2,1-5H3,(H,15,16,17,18). The molecule has 1 N–H and O–H groups in total. The minimum atomic E-state index is 0.547. The van der Waals surface area contributed by atoms with Gasteiger partial charge in [-0.2, -0.15) is 15.0 Å². The van der Waals surface area contributed by atoms with E-state index in [0.29, 0.717) is 11.9 Å². The van der Waals surface area contributed by atoms with Crippen molar-refractivity contribution in [3.8, 4) is 0 Å². The molecule has 1 heterocycles. The summed E-state index contributed by atoms with van der Waals surface area (Å²) in [5, 5.41) is 3.26. The Morgan fingerprint density at radius 1 is 1.05 bits per heavy atom. The molecule has 1 rings (SSSR count). The quantitative estimate of drug-likeness (QED) is 0.783. The Hall–Kier alpha value is -1.39. The molecule has 19 heavy (non-hydrogen) atoms. The van der Waals surface area contributed by atoms with Gasteiger partial charge >= 0.3 is 0 Å². The van der Waals surface area contributed by atoms with Crippen molar-refractivity contribution in [3.63, 3.8) is 0 Å². The number of hydrogen-bond acceptors (Lipinski definition) is 5. The molecule has 0 atom stereocenters. The van der Waals surface area contributed by atoms with Gasteiger partial charge in [-0.1, -0.05) is 20.8 Å². The first-order valence-electron chi connectivity index (χ1n) is 7.34. The van der Waals surface area contributed by atoms with E-state index in [0.717, 1.165) is 44.2 Å². The average molecular weight is 265 g/mol. The van der Waals surface area contributed by atoms with E-state index in [4.69, 9.17) is 0 Å². The van der Waals surface area contributed by atoms with Crippen LogP contribution in [0, 0.1) is 5.92 Å². The predicted molar refractivity (Wildman–Crippen MR) is 80.7 cm³/mol. The summed E-state index contributed by atoms with van der Waals surface area (Å²) in [6.45, 7) is 13.4. The molecule has 0 unspecified atom stereocenters. The van der Waals surface area contributed by atoms with E-state index in [2.05, 4.69) is 59.8 Å². The second-order valence-corrected chi connectivity index (χ2v) is 5.07. The van der Waals surface area contributed by atoms with E-state index >= 15 is 0 Å². The third-order valence-corrected chi connectivity index (χ3v) is 2.84. The summed E-state index contributed by atoms with van der Waals surface area (Å²) in [6, 6.07) is 0. The van der Waals surface area contributed by atoms with Crippen LogP contribution in [0.25, 0.3) is 0 Å². The van der Waals surface area contributed by atoms with Crippen molar-refractivity contribution in [3.05, 3.63) is 5.82 Å². The number of rotatable bonds is 8. The van der Waals surface area contributed by atoms with Gasteiger partial charge in [0.05, 0.1) is 0 Å². The van der Waals surface area contributed by atoms with Gasteiger partial charge < -0.3 is 10.2 Å². The maximum atomic E-state index is 4.59. The molecule has 0 radical (unpaired) electrons. The first-order chi connectivity index (χ1) is 9.10. The molecule has 5 nitrogen and oxygen atoms in total. The molecule has 0 fully saturated rings. The Morgan fingerprint density at radius 2 is 1.74 bits per heavy atom. The van der Waals surface area contributed by atoms with E-state index in [1.54, 1.807) is 0 Å². The zero-order valence-corrected chi connectivity index (χ0v) is 12.9. The molecule has 108 valence electrons. The third-order valence-electron chi connectivity index (χ3n) is 2.84. The van der Waals surface area contributed by atoms with Gasteiger partial charge in [-0.25, -0.2) is 0 Å². The fourth-order valence-corrected chi connectivity index (χ4v) is 1.83. The molecular formula is C14H27N5. The van der Waals surface area contributed by atoms with Crippen LogP contribution in [-0.2, 0) is 6.42 Å². The second kappa shape index (κ2) is 7.92. The van der Waals surface area contributed by atoms with Crippen molar-refractivity contribution in [2.24, 2.45) is 5.92 Å². The summed E-state index contributed by atoms with van der Waals surface area (Å²) < 4.78 is 0. The van der Waals surface area contributed by atoms with Crippen molar-refractivity contribution >= 4 is 11.9 Å². The minimum Gasteiger partial charge on any atom is -0.354 e. The lowest BCUT2D eigenvalue weighted by Crippen LogP contribution is -2.25. The van der Waals surface area contributed by atoms with Crippen LogP contribution in [0.15, 0.2) is 0 Å². The van der Waals surface area contributed by atoms with Gasteiger partial charge in [0.25, 0.3) is 0 Å². The smallest absolute Gasteiger partial charge is 0.230 e. The van der Waals surface area contributed by atoms with Crippen LogP contribution in [0.3, 0.4) is 0 Å². The Balaban J connectivity index is 3.00. The van der Waals surface area contributed by atoms with Gasteiger partial charge in [0.1, 0.15) is 5.82 Å². The minimum absolute atomic E-state index is 0.547. The molecular weight excluding hydrogens is 238 g/mol. The Labute approximate surface area is 116 Å². The van der Waals surface area contributed by atoms with Crippen molar-refractivity contribution in [1.82, 2.24) is 15.0 Å². The van der Waals surface area contributed by atoms with E-state index in [9.17, 15) is 0 Å². The number of aromatic nitrogens is 3. The highest BCUT2D eigenvalue weighted by Gasteiger charge is 2.11. The lowest BCUT2D eigenvalue weighted by molar-refractivity contribution is 0.616. The molecule has 0 aromatic carbocycles. The largest absolute Gasteiger partial charge is 0.354 e. The molecule has 0 aliphatic carbocycles. The third kappa shape index (κ3) is 5.01. The Kier molecular flexibility index (Phi) is 6.53. The highest BCUT2D eigenvalue weighted by atomic mass is 15.3. The molecule has 0 saturated carbocycles. The van der Waals surface area contributed by atoms with Crippen molar-refractivity contribution in [1.29, 1.82) is 0 Å². The Bertz CT molecular complexity index is 374. The predicted octanol–water partition coefficient (Wildman–Crippen LogP) is 2.74. The zero-order chi connectivity index (χ0) is 14.3. The van der Waals surface area contributed by atoms with Gasteiger partial charge in [0.2, 0.25) is 11.9 Å². The zero-order valence-electron chi connectivity index (χ0n) is 12.9. The number of anilines is 2. The number of hydrogen-bond donors (Lipinski definition) is 1. The molecule has 0 amide bonds. The Morgan fingerprint density at radius 3 is 2.26 bits per heavy atom. The summed E-state index contributed by atoms with van der Waals surface area (Å²) in [5.74, 6) is 2.92. The lowest BCUT2D eigenvalue weighted by atomic mass is 10.1. The first kappa shape index (κ1) is 15.7. The second-order valence-electron chi connectivity index (χ2n) is 5.07. The molecule has 1 aromatic heterocycles.